The van der Waals surface area contributed by atoms with Crippen molar-refractivity contribution in [1.29, 1.82) is 0 Å². The van der Waals surface area contributed by atoms with E-state index in [1.807, 2.05) is 25.1 Å². The molecule has 0 heterocycles. The van der Waals surface area contributed by atoms with E-state index < -0.39 is 5.97 Å². The van der Waals surface area contributed by atoms with Gasteiger partial charge in [0.15, 0.2) is 0 Å². The molecule has 0 saturated heterocycles. The Morgan fingerprint density at radius 1 is 0.871 bits per heavy atom. The first-order chi connectivity index (χ1) is 14.9. The first kappa shape index (κ1) is 20.3. The molecular weight excluding hydrogens is 398 g/mol. The lowest BCUT2D eigenvalue weighted by Gasteiger charge is -2.07. The van der Waals surface area contributed by atoms with E-state index in [4.69, 9.17) is 9.84 Å². The van der Waals surface area contributed by atoms with E-state index in [2.05, 4.69) is 0 Å². The van der Waals surface area contributed by atoms with Crippen LogP contribution in [0.2, 0.25) is 0 Å². The van der Waals surface area contributed by atoms with Crippen LogP contribution in [0, 0.1) is 11.6 Å². The first-order valence-electron chi connectivity index (χ1n) is 9.58. The number of ether oxygens (including phenoxy) is 1. The highest BCUT2D eigenvalue weighted by Crippen LogP contribution is 2.43. The Kier molecular flexibility index (Phi) is 5.50. The fraction of sp³-hybridized carbons (Fsp3) is 0.0385. The van der Waals surface area contributed by atoms with Crippen molar-refractivity contribution in [3.63, 3.8) is 0 Å². The van der Waals surface area contributed by atoms with Gasteiger partial charge in [0.05, 0.1) is 0 Å². The number of carbonyl (C=O) groups is 1. The van der Waals surface area contributed by atoms with Crippen molar-refractivity contribution >= 4 is 23.2 Å². The molecule has 3 aromatic rings. The van der Waals surface area contributed by atoms with Crippen molar-refractivity contribution < 1.29 is 23.4 Å². The van der Waals surface area contributed by atoms with Gasteiger partial charge in [-0.3, -0.25) is 0 Å². The average Bonchev–Trinajstić information content (AvgIpc) is 2.99. The van der Waals surface area contributed by atoms with Crippen LogP contribution in [0.3, 0.4) is 0 Å². The Labute approximate surface area is 178 Å². The first-order valence-corrected chi connectivity index (χ1v) is 9.58. The zero-order chi connectivity index (χ0) is 22.0. The molecule has 0 bridgehead atoms. The molecule has 0 amide bonds. The van der Waals surface area contributed by atoms with Gasteiger partial charge >= 0.3 is 5.97 Å². The number of fused-ring (bicyclic) bond motifs is 1. The molecule has 1 aliphatic rings. The summed E-state index contributed by atoms with van der Waals surface area (Å²) in [4.78, 5) is 11.0. The van der Waals surface area contributed by atoms with E-state index in [-0.39, 0.29) is 11.6 Å². The Morgan fingerprint density at radius 3 is 2.13 bits per heavy atom. The van der Waals surface area contributed by atoms with Crippen LogP contribution < -0.4 is 4.74 Å². The fourth-order valence-electron chi connectivity index (χ4n) is 3.52. The van der Waals surface area contributed by atoms with Crippen molar-refractivity contribution in [1.82, 2.24) is 0 Å². The molecular formula is C26H18F2O3. The number of hydrogen-bond acceptors (Lipinski definition) is 2. The second kappa shape index (κ2) is 8.40. The van der Waals surface area contributed by atoms with E-state index in [1.165, 1.54) is 30.3 Å². The maximum absolute atomic E-state index is 13.8. The average molecular weight is 416 g/mol. The molecule has 0 saturated carbocycles. The lowest BCUT2D eigenvalue weighted by molar-refractivity contribution is -0.131. The second-order valence-corrected chi connectivity index (χ2v) is 7.08. The Morgan fingerprint density at radius 2 is 1.48 bits per heavy atom. The summed E-state index contributed by atoms with van der Waals surface area (Å²) in [7, 11) is 0. The lowest BCUT2D eigenvalue weighted by Crippen LogP contribution is -1.88. The number of rotatable bonds is 5. The third-order valence-corrected chi connectivity index (χ3v) is 5.00. The topological polar surface area (TPSA) is 46.5 Å². The highest BCUT2D eigenvalue weighted by molar-refractivity contribution is 6.08. The highest BCUT2D eigenvalue weighted by Gasteiger charge is 2.22. The summed E-state index contributed by atoms with van der Waals surface area (Å²) in [5.74, 6) is -0.622. The summed E-state index contributed by atoms with van der Waals surface area (Å²) in [6.45, 7) is 1.89. The van der Waals surface area contributed by atoms with Gasteiger partial charge in [0.2, 0.25) is 0 Å². The van der Waals surface area contributed by atoms with Gasteiger partial charge in [0.25, 0.3) is 0 Å². The van der Waals surface area contributed by atoms with Crippen LogP contribution in [0.15, 0.2) is 84.5 Å². The molecule has 3 aromatic carbocycles. The molecule has 3 nitrogen and oxygen atoms in total. The predicted octanol–water partition coefficient (Wildman–Crippen LogP) is 6.73. The van der Waals surface area contributed by atoms with E-state index in [0.29, 0.717) is 22.6 Å². The number of benzene rings is 3. The van der Waals surface area contributed by atoms with Crippen molar-refractivity contribution in [3.05, 3.63) is 113 Å². The Balaban J connectivity index is 1.66. The van der Waals surface area contributed by atoms with Crippen LogP contribution in [-0.2, 0) is 4.79 Å². The summed E-state index contributed by atoms with van der Waals surface area (Å²) < 4.78 is 32.6. The number of aliphatic carboxylic acids is 1. The number of carboxylic acids is 1. The highest BCUT2D eigenvalue weighted by atomic mass is 19.1. The van der Waals surface area contributed by atoms with Gasteiger partial charge in [-0.05, 0) is 101 Å². The minimum Gasteiger partial charge on any atom is -0.478 e. The van der Waals surface area contributed by atoms with Crippen LogP contribution in [0.4, 0.5) is 8.78 Å². The maximum Gasteiger partial charge on any atom is 0.328 e. The fourth-order valence-corrected chi connectivity index (χ4v) is 3.52. The summed E-state index contributed by atoms with van der Waals surface area (Å²) in [5.41, 5.74) is 4.85. The van der Waals surface area contributed by atoms with Gasteiger partial charge in [0, 0.05) is 6.08 Å². The molecule has 5 heteroatoms. The second-order valence-electron chi connectivity index (χ2n) is 7.08. The largest absolute Gasteiger partial charge is 0.478 e. The number of hydrogen-bond donors (Lipinski definition) is 1. The van der Waals surface area contributed by atoms with Gasteiger partial charge in [-0.2, -0.15) is 0 Å². The van der Waals surface area contributed by atoms with E-state index in [9.17, 15) is 13.6 Å². The quantitative estimate of drug-likeness (QED) is 0.469. The van der Waals surface area contributed by atoms with Crippen LogP contribution >= 0.6 is 0 Å². The van der Waals surface area contributed by atoms with Gasteiger partial charge in [-0.1, -0.05) is 18.2 Å². The summed E-state index contributed by atoms with van der Waals surface area (Å²) in [5, 5.41) is 8.98. The monoisotopic (exact) mass is 416 g/mol. The lowest BCUT2D eigenvalue weighted by atomic mass is 10.0. The minimum atomic E-state index is -1.06. The van der Waals surface area contributed by atoms with Crippen LogP contribution in [0.5, 0.6) is 11.5 Å². The molecule has 0 atom stereocenters. The number of carboxylic acid groups (broad SMARTS) is 1. The van der Waals surface area contributed by atoms with Crippen LogP contribution in [0.25, 0.3) is 17.2 Å². The van der Waals surface area contributed by atoms with E-state index >= 15 is 0 Å². The Bertz CT molecular complexity index is 1230. The molecule has 0 radical (unpaired) electrons. The third-order valence-electron chi connectivity index (χ3n) is 5.00. The molecule has 154 valence electrons. The Hall–Kier alpha value is -3.99. The van der Waals surface area contributed by atoms with Gasteiger partial charge in [0.1, 0.15) is 23.1 Å². The van der Waals surface area contributed by atoms with Gasteiger partial charge < -0.3 is 9.84 Å². The van der Waals surface area contributed by atoms with Crippen LogP contribution in [0.1, 0.15) is 23.6 Å². The predicted molar refractivity (Wildman–Crippen MR) is 117 cm³/mol. The minimum absolute atomic E-state index is 0.327. The maximum atomic E-state index is 13.8. The van der Waals surface area contributed by atoms with Crippen molar-refractivity contribution in [2.75, 3.05) is 0 Å². The molecule has 1 N–H and O–H groups in total. The molecule has 0 unspecified atom stereocenters. The molecule has 4 rings (SSSR count). The molecule has 0 spiro atoms. The standard InChI is InChI=1S/C26H18F2O3/c1-16-22(12-13-26(29)30)25-15-19(28)6-11-23(25)24(16)14-17-2-7-20(8-3-17)31-21-9-4-18(27)5-10-21/h2-15H,1H3,(H,29,30)/b13-12+,24-14-. The molecule has 0 fully saturated rings. The van der Waals surface area contributed by atoms with Gasteiger partial charge in [-0.25, -0.2) is 13.6 Å². The van der Waals surface area contributed by atoms with Crippen molar-refractivity contribution in [2.24, 2.45) is 0 Å². The SMILES string of the molecule is CC1=C(/C=C/C(=O)O)c2cc(F)ccc2/C1=C\c1ccc(Oc2ccc(F)cc2)cc1. The molecule has 1 aliphatic carbocycles. The van der Waals surface area contributed by atoms with Crippen molar-refractivity contribution in [2.45, 2.75) is 6.92 Å². The number of allylic oxidation sites excluding steroid dienone is 4. The smallest absolute Gasteiger partial charge is 0.328 e. The van der Waals surface area contributed by atoms with E-state index in [0.717, 1.165) is 28.3 Å². The number of halogens is 2. The van der Waals surface area contributed by atoms with Crippen molar-refractivity contribution in [3.8, 4) is 11.5 Å². The third kappa shape index (κ3) is 4.46. The summed E-state index contributed by atoms with van der Waals surface area (Å²) in [6, 6.07) is 17.7. The summed E-state index contributed by atoms with van der Waals surface area (Å²) in [6.07, 6.45) is 4.52. The van der Waals surface area contributed by atoms with Crippen LogP contribution in [-0.4, -0.2) is 11.1 Å². The van der Waals surface area contributed by atoms with Gasteiger partial charge in [-0.15, -0.1) is 0 Å². The molecule has 0 aromatic heterocycles. The zero-order valence-electron chi connectivity index (χ0n) is 16.6. The zero-order valence-corrected chi connectivity index (χ0v) is 16.6. The normalized spacial score (nSPS) is 14.4. The van der Waals surface area contributed by atoms with E-state index in [1.54, 1.807) is 30.3 Å². The molecule has 31 heavy (non-hydrogen) atoms. The summed E-state index contributed by atoms with van der Waals surface area (Å²) >= 11 is 0. The molecule has 0 aliphatic heterocycles.